The Bertz CT molecular complexity index is 1320. The predicted octanol–water partition coefficient (Wildman–Crippen LogP) is 5.51. The van der Waals surface area contributed by atoms with Crippen molar-refractivity contribution in [1.82, 2.24) is 4.31 Å². The third-order valence-electron chi connectivity index (χ3n) is 7.47. The lowest BCUT2D eigenvalue weighted by molar-refractivity contribution is -0.118. The number of nitrogens with zero attached hydrogens (tertiary/aromatic N) is 1. The molecule has 7 heteroatoms. The highest BCUT2D eigenvalue weighted by Crippen LogP contribution is 2.51. The minimum atomic E-state index is -1.13. The van der Waals surface area contributed by atoms with Crippen LogP contribution in [0.1, 0.15) is 38.2 Å². The van der Waals surface area contributed by atoms with Crippen LogP contribution in [0.25, 0.3) is 11.1 Å². The zero-order chi connectivity index (χ0) is 24.7. The van der Waals surface area contributed by atoms with E-state index in [1.165, 1.54) is 6.42 Å². The van der Waals surface area contributed by atoms with Crippen LogP contribution in [0.5, 0.6) is 11.5 Å². The van der Waals surface area contributed by atoms with Crippen molar-refractivity contribution in [1.29, 1.82) is 0 Å². The van der Waals surface area contributed by atoms with Crippen molar-refractivity contribution in [3.8, 4) is 22.6 Å². The molecule has 1 N–H and O–H groups in total. The molecule has 2 atom stereocenters. The van der Waals surface area contributed by atoms with E-state index in [9.17, 15) is 9.00 Å². The second-order valence-electron chi connectivity index (χ2n) is 10.1. The SMILES string of the molecule is CC1CCCN(S(=O)c2ccc(-c3cccc(NC(=O)C4(c5ccc6c(c5)OCO6)CC4)c3)cc2)C1. The average molecular weight is 503 g/mol. The van der Waals surface area contributed by atoms with Crippen molar-refractivity contribution in [3.63, 3.8) is 0 Å². The third-order valence-corrected chi connectivity index (χ3v) is 8.95. The number of benzene rings is 3. The number of carbonyl (C=O) groups is 1. The van der Waals surface area contributed by atoms with Crippen molar-refractivity contribution in [2.45, 2.75) is 42.9 Å². The summed E-state index contributed by atoms with van der Waals surface area (Å²) in [6, 6.07) is 21.6. The van der Waals surface area contributed by atoms with Crippen LogP contribution in [0, 0.1) is 5.92 Å². The molecule has 6 nitrogen and oxygen atoms in total. The van der Waals surface area contributed by atoms with E-state index in [-0.39, 0.29) is 12.7 Å². The first kappa shape index (κ1) is 23.3. The number of amides is 1. The fourth-order valence-electron chi connectivity index (χ4n) is 5.20. The molecule has 1 saturated carbocycles. The van der Waals surface area contributed by atoms with Gasteiger partial charge in [0, 0.05) is 18.8 Å². The Balaban J connectivity index is 1.16. The Morgan fingerprint density at radius 2 is 1.81 bits per heavy atom. The van der Waals surface area contributed by atoms with Crippen molar-refractivity contribution in [2.24, 2.45) is 5.92 Å². The highest BCUT2D eigenvalue weighted by atomic mass is 32.2. The van der Waals surface area contributed by atoms with Crippen LogP contribution in [0.4, 0.5) is 5.69 Å². The fraction of sp³-hybridized carbons (Fsp3) is 0.345. The number of ether oxygens (including phenoxy) is 2. The summed E-state index contributed by atoms with van der Waals surface area (Å²) in [5.74, 6) is 2.01. The van der Waals surface area contributed by atoms with Crippen LogP contribution in [0.3, 0.4) is 0 Å². The van der Waals surface area contributed by atoms with Crippen LogP contribution >= 0.6 is 0 Å². The van der Waals surface area contributed by atoms with Gasteiger partial charge in [-0.05, 0) is 84.7 Å². The van der Waals surface area contributed by atoms with Gasteiger partial charge in [0.15, 0.2) is 11.5 Å². The topological polar surface area (TPSA) is 67.9 Å². The number of nitrogens with one attached hydrogen (secondary N) is 1. The van der Waals surface area contributed by atoms with Gasteiger partial charge >= 0.3 is 0 Å². The van der Waals surface area contributed by atoms with Gasteiger partial charge in [0.05, 0.1) is 10.3 Å². The Kier molecular flexibility index (Phi) is 6.05. The van der Waals surface area contributed by atoms with Gasteiger partial charge in [-0.1, -0.05) is 37.3 Å². The molecular weight excluding hydrogens is 472 g/mol. The molecule has 0 radical (unpaired) electrons. The minimum Gasteiger partial charge on any atom is -0.454 e. The van der Waals surface area contributed by atoms with E-state index in [4.69, 9.17) is 9.47 Å². The summed E-state index contributed by atoms with van der Waals surface area (Å²) in [7, 11) is -1.13. The summed E-state index contributed by atoms with van der Waals surface area (Å²) in [6.45, 7) is 4.20. The van der Waals surface area contributed by atoms with Gasteiger partial charge in [-0.15, -0.1) is 0 Å². The molecule has 1 aliphatic carbocycles. The summed E-state index contributed by atoms with van der Waals surface area (Å²) in [5, 5.41) is 3.13. The van der Waals surface area contributed by atoms with Crippen LogP contribution in [-0.2, 0) is 21.2 Å². The zero-order valence-corrected chi connectivity index (χ0v) is 21.2. The van der Waals surface area contributed by atoms with Gasteiger partial charge in [-0.25, -0.2) is 8.51 Å². The monoisotopic (exact) mass is 502 g/mol. The van der Waals surface area contributed by atoms with Crippen LogP contribution in [-0.4, -0.2) is 34.3 Å². The van der Waals surface area contributed by atoms with Crippen molar-refractivity contribution in [3.05, 3.63) is 72.3 Å². The van der Waals surface area contributed by atoms with E-state index < -0.39 is 16.4 Å². The lowest BCUT2D eigenvalue weighted by atomic mass is 9.94. The molecule has 186 valence electrons. The van der Waals surface area contributed by atoms with Gasteiger partial charge in [0.2, 0.25) is 12.7 Å². The van der Waals surface area contributed by atoms with Crippen LogP contribution in [0.2, 0.25) is 0 Å². The van der Waals surface area contributed by atoms with Crippen molar-refractivity contribution >= 4 is 22.6 Å². The quantitative estimate of drug-likeness (QED) is 0.483. The van der Waals surface area contributed by atoms with E-state index in [0.717, 1.165) is 65.4 Å². The summed E-state index contributed by atoms with van der Waals surface area (Å²) in [4.78, 5) is 14.1. The highest BCUT2D eigenvalue weighted by Gasteiger charge is 2.51. The molecule has 0 bridgehead atoms. The number of fused-ring (bicyclic) bond motifs is 1. The van der Waals surface area contributed by atoms with Gasteiger partial charge in [-0.2, -0.15) is 0 Å². The summed E-state index contributed by atoms with van der Waals surface area (Å²) >= 11 is 0. The molecule has 2 fully saturated rings. The molecule has 3 aromatic carbocycles. The van der Waals surface area contributed by atoms with Gasteiger partial charge in [-0.3, -0.25) is 4.79 Å². The van der Waals surface area contributed by atoms with Crippen molar-refractivity contribution < 1.29 is 18.5 Å². The largest absolute Gasteiger partial charge is 0.454 e. The Labute approximate surface area is 214 Å². The second-order valence-corrected chi connectivity index (χ2v) is 11.6. The molecule has 2 aliphatic heterocycles. The number of hydrogen-bond acceptors (Lipinski definition) is 4. The highest BCUT2D eigenvalue weighted by molar-refractivity contribution is 7.82. The molecule has 2 heterocycles. The maximum atomic E-state index is 13.3. The minimum absolute atomic E-state index is 0.0000183. The molecule has 0 aromatic heterocycles. The molecule has 1 saturated heterocycles. The second kappa shape index (κ2) is 9.37. The maximum Gasteiger partial charge on any atom is 0.235 e. The van der Waals surface area contributed by atoms with E-state index in [1.807, 2.05) is 66.7 Å². The van der Waals surface area contributed by atoms with Gasteiger partial charge in [0.25, 0.3) is 0 Å². The first-order valence-corrected chi connectivity index (χ1v) is 13.7. The molecule has 36 heavy (non-hydrogen) atoms. The van der Waals surface area contributed by atoms with Gasteiger partial charge in [0.1, 0.15) is 11.0 Å². The summed E-state index contributed by atoms with van der Waals surface area (Å²) in [6.07, 6.45) is 3.93. The van der Waals surface area contributed by atoms with Crippen molar-refractivity contribution in [2.75, 3.05) is 25.2 Å². The van der Waals surface area contributed by atoms with Crippen LogP contribution in [0.15, 0.2) is 71.6 Å². The molecule has 0 spiro atoms. The first-order valence-electron chi connectivity index (χ1n) is 12.6. The lowest BCUT2D eigenvalue weighted by Crippen LogP contribution is -2.35. The molecule has 1 amide bonds. The number of rotatable bonds is 6. The average Bonchev–Trinajstić information content (AvgIpc) is 3.59. The van der Waals surface area contributed by atoms with E-state index >= 15 is 0 Å². The first-order chi connectivity index (χ1) is 17.5. The number of hydrogen-bond donors (Lipinski definition) is 1. The van der Waals surface area contributed by atoms with Gasteiger partial charge < -0.3 is 14.8 Å². The fourth-order valence-corrected chi connectivity index (χ4v) is 6.55. The molecular formula is C29H30N2O4S. The zero-order valence-electron chi connectivity index (χ0n) is 20.4. The lowest BCUT2D eigenvalue weighted by Gasteiger charge is -2.29. The normalized spacial score (nSPS) is 21.1. The van der Waals surface area contributed by atoms with E-state index in [0.29, 0.717) is 11.7 Å². The molecule has 2 unspecified atom stereocenters. The van der Waals surface area contributed by atoms with E-state index in [1.54, 1.807) is 0 Å². The van der Waals surface area contributed by atoms with E-state index in [2.05, 4.69) is 16.5 Å². The summed E-state index contributed by atoms with van der Waals surface area (Å²) in [5.41, 5.74) is 3.24. The summed E-state index contributed by atoms with van der Waals surface area (Å²) < 4.78 is 26.0. The Morgan fingerprint density at radius 3 is 2.58 bits per heavy atom. The maximum absolute atomic E-state index is 13.3. The molecule has 6 rings (SSSR count). The Morgan fingerprint density at radius 1 is 1.00 bits per heavy atom. The number of carbonyl (C=O) groups excluding carboxylic acids is 1. The number of piperidine rings is 1. The smallest absolute Gasteiger partial charge is 0.235 e. The molecule has 3 aromatic rings. The third kappa shape index (κ3) is 4.42. The predicted molar refractivity (Wildman–Crippen MR) is 140 cm³/mol. The number of anilines is 1. The standard InChI is InChI=1S/C29H30N2O4S/c1-20-4-3-15-31(18-20)36(33)25-10-7-21(8-11-25)22-5-2-6-24(16-22)30-28(32)29(13-14-29)23-9-12-26-27(17-23)35-19-34-26/h2,5-12,16-17,20H,3-4,13-15,18-19H2,1H3,(H,30,32). The molecule has 3 aliphatic rings. The van der Waals surface area contributed by atoms with Crippen LogP contribution < -0.4 is 14.8 Å². The Hall–Kier alpha value is -3.16.